The highest BCUT2D eigenvalue weighted by atomic mass is 32.2. The van der Waals surface area contributed by atoms with Gasteiger partial charge in [-0.1, -0.05) is 6.92 Å². The first kappa shape index (κ1) is 16.6. The van der Waals surface area contributed by atoms with Gasteiger partial charge in [-0.2, -0.15) is 16.1 Å². The second-order valence-corrected chi connectivity index (χ2v) is 8.29. The van der Waals surface area contributed by atoms with Crippen molar-refractivity contribution < 1.29 is 13.2 Å². The average Bonchev–Trinajstić information content (AvgIpc) is 2.54. The summed E-state index contributed by atoms with van der Waals surface area (Å²) >= 11 is 1.85. The number of methoxy groups -OCH3 is 1. The first-order chi connectivity index (χ1) is 10.0. The van der Waals surface area contributed by atoms with Crippen molar-refractivity contribution in [3.8, 4) is 5.75 Å². The molecule has 0 aromatic heterocycles. The number of hydrogen-bond acceptors (Lipinski definition) is 5. The molecule has 0 radical (unpaired) electrons. The monoisotopic (exact) mass is 330 g/mol. The molecule has 1 aromatic carbocycles. The summed E-state index contributed by atoms with van der Waals surface area (Å²) in [6.07, 6.45) is 0.980. The highest BCUT2D eigenvalue weighted by molar-refractivity contribution is 8.00. The van der Waals surface area contributed by atoms with E-state index >= 15 is 0 Å². The van der Waals surface area contributed by atoms with E-state index in [1.165, 1.54) is 0 Å². The normalized spacial score (nSPS) is 20.4. The summed E-state index contributed by atoms with van der Waals surface area (Å²) in [7, 11) is -1.90. The van der Waals surface area contributed by atoms with Crippen molar-refractivity contribution in [2.75, 3.05) is 26.0 Å². The largest absolute Gasteiger partial charge is 0.496 e. The highest BCUT2D eigenvalue weighted by Gasteiger charge is 2.30. The fourth-order valence-corrected chi connectivity index (χ4v) is 5.31. The van der Waals surface area contributed by atoms with Crippen LogP contribution in [0.5, 0.6) is 5.75 Å². The van der Waals surface area contributed by atoms with E-state index in [1.54, 1.807) is 29.6 Å². The Kier molecular flexibility index (Phi) is 5.54. The summed E-state index contributed by atoms with van der Waals surface area (Å²) in [5, 5.41) is 0.376. The van der Waals surface area contributed by atoms with Crippen LogP contribution in [-0.2, 0) is 16.6 Å². The van der Waals surface area contributed by atoms with Crippen molar-refractivity contribution in [2.45, 2.75) is 30.0 Å². The van der Waals surface area contributed by atoms with Crippen molar-refractivity contribution in [1.29, 1.82) is 0 Å². The summed E-state index contributed by atoms with van der Waals surface area (Å²) in [5.74, 6) is 1.47. The lowest BCUT2D eigenvalue weighted by Crippen LogP contribution is -2.41. The van der Waals surface area contributed by atoms with E-state index in [1.807, 2.05) is 11.8 Å². The van der Waals surface area contributed by atoms with Crippen LogP contribution in [-0.4, -0.2) is 43.9 Å². The third-order valence-corrected chi connectivity index (χ3v) is 6.90. The molecule has 2 rings (SSSR count). The zero-order valence-corrected chi connectivity index (χ0v) is 14.0. The molecule has 1 aromatic rings. The number of nitrogens with zero attached hydrogens (tertiary/aromatic N) is 1. The maximum absolute atomic E-state index is 12.8. The second-order valence-electron chi connectivity index (χ2n) is 4.94. The minimum atomic E-state index is -3.45. The number of benzene rings is 1. The van der Waals surface area contributed by atoms with Gasteiger partial charge >= 0.3 is 0 Å². The molecular weight excluding hydrogens is 308 g/mol. The lowest BCUT2D eigenvalue weighted by molar-refractivity contribution is 0.407. The van der Waals surface area contributed by atoms with Gasteiger partial charge in [0.05, 0.1) is 12.0 Å². The lowest BCUT2D eigenvalue weighted by Gasteiger charge is -2.31. The Labute approximate surface area is 130 Å². The fraction of sp³-hybridized carbons (Fsp3) is 0.571. The van der Waals surface area contributed by atoms with Crippen LogP contribution in [0.4, 0.5) is 0 Å². The third-order valence-electron chi connectivity index (χ3n) is 3.67. The van der Waals surface area contributed by atoms with Gasteiger partial charge in [0.15, 0.2) is 0 Å². The standard InChI is InChI=1S/C14H22N2O3S2/c1-3-12-10-16(6-7-20-12)21(17,18)13-4-5-14(19-2)11(8-13)9-15/h4-5,8,12H,3,6-7,9-10,15H2,1-2H3. The van der Waals surface area contributed by atoms with Crippen molar-refractivity contribution >= 4 is 21.8 Å². The van der Waals surface area contributed by atoms with Crippen molar-refractivity contribution in [3.63, 3.8) is 0 Å². The van der Waals surface area contributed by atoms with Gasteiger partial charge in [-0.25, -0.2) is 8.42 Å². The Morgan fingerprint density at radius 1 is 1.48 bits per heavy atom. The smallest absolute Gasteiger partial charge is 0.243 e. The van der Waals surface area contributed by atoms with E-state index in [-0.39, 0.29) is 6.54 Å². The maximum Gasteiger partial charge on any atom is 0.243 e. The minimum absolute atomic E-state index is 0.250. The van der Waals surface area contributed by atoms with E-state index in [9.17, 15) is 8.42 Å². The van der Waals surface area contributed by atoms with Gasteiger partial charge in [0.25, 0.3) is 0 Å². The minimum Gasteiger partial charge on any atom is -0.496 e. The first-order valence-electron chi connectivity index (χ1n) is 7.01. The van der Waals surface area contributed by atoms with Gasteiger partial charge in [-0.3, -0.25) is 0 Å². The predicted octanol–water partition coefficient (Wildman–Crippen LogP) is 1.67. The molecule has 0 amide bonds. The van der Waals surface area contributed by atoms with Gasteiger partial charge in [0.1, 0.15) is 5.75 Å². The summed E-state index contributed by atoms with van der Waals surface area (Å²) < 4.78 is 32.3. The number of sulfonamides is 1. The zero-order chi connectivity index (χ0) is 15.5. The predicted molar refractivity (Wildman–Crippen MR) is 86.2 cm³/mol. The number of hydrogen-bond donors (Lipinski definition) is 1. The fourth-order valence-electron chi connectivity index (χ4n) is 2.38. The first-order valence-corrected chi connectivity index (χ1v) is 9.50. The zero-order valence-electron chi connectivity index (χ0n) is 12.4. The Balaban J connectivity index is 2.30. The van der Waals surface area contributed by atoms with Crippen LogP contribution in [0.1, 0.15) is 18.9 Å². The number of rotatable bonds is 5. The molecule has 1 fully saturated rings. The summed E-state index contributed by atoms with van der Waals surface area (Å²) in [6, 6.07) is 4.89. The van der Waals surface area contributed by atoms with E-state index in [0.717, 1.165) is 12.2 Å². The molecule has 1 aliphatic rings. The second kappa shape index (κ2) is 7.00. The van der Waals surface area contributed by atoms with Crippen molar-refractivity contribution in [1.82, 2.24) is 4.31 Å². The average molecular weight is 330 g/mol. The topological polar surface area (TPSA) is 72.6 Å². The molecule has 21 heavy (non-hydrogen) atoms. The van der Waals surface area contributed by atoms with Crippen LogP contribution in [0, 0.1) is 0 Å². The molecule has 0 spiro atoms. The Hall–Kier alpha value is -0.760. The number of thioether (sulfide) groups is 1. The van der Waals surface area contributed by atoms with Crippen LogP contribution in [0.2, 0.25) is 0 Å². The van der Waals surface area contributed by atoms with Crippen molar-refractivity contribution in [3.05, 3.63) is 23.8 Å². The van der Waals surface area contributed by atoms with E-state index in [4.69, 9.17) is 10.5 Å². The highest BCUT2D eigenvalue weighted by Crippen LogP contribution is 2.28. The summed E-state index contributed by atoms with van der Waals surface area (Å²) in [4.78, 5) is 0.297. The number of nitrogens with two attached hydrogens (primary N) is 1. The van der Waals surface area contributed by atoms with Crippen LogP contribution >= 0.6 is 11.8 Å². The van der Waals surface area contributed by atoms with Crippen LogP contribution < -0.4 is 10.5 Å². The van der Waals surface area contributed by atoms with Gasteiger partial charge in [-0.05, 0) is 24.6 Å². The third kappa shape index (κ3) is 3.53. The van der Waals surface area contributed by atoms with Gasteiger partial charge in [-0.15, -0.1) is 0 Å². The van der Waals surface area contributed by atoms with Gasteiger partial charge < -0.3 is 10.5 Å². The molecule has 0 saturated carbocycles. The molecule has 1 atom stereocenters. The molecule has 0 aliphatic carbocycles. The molecule has 1 aliphatic heterocycles. The molecular formula is C14H22N2O3S2. The number of ether oxygens (including phenoxy) is 1. The van der Waals surface area contributed by atoms with Gasteiger partial charge in [0, 0.05) is 36.2 Å². The molecule has 0 bridgehead atoms. The van der Waals surface area contributed by atoms with Crippen LogP contribution in [0.25, 0.3) is 0 Å². The lowest BCUT2D eigenvalue weighted by atomic mass is 10.2. The molecule has 1 saturated heterocycles. The van der Waals surface area contributed by atoms with E-state index < -0.39 is 10.0 Å². The van der Waals surface area contributed by atoms with Crippen LogP contribution in [0.3, 0.4) is 0 Å². The summed E-state index contributed by atoms with van der Waals surface area (Å²) in [5.41, 5.74) is 6.37. The van der Waals surface area contributed by atoms with Crippen molar-refractivity contribution in [2.24, 2.45) is 5.73 Å². The molecule has 2 N–H and O–H groups in total. The maximum atomic E-state index is 12.8. The molecule has 1 unspecified atom stereocenters. The Morgan fingerprint density at radius 2 is 2.24 bits per heavy atom. The summed E-state index contributed by atoms with van der Waals surface area (Å²) in [6.45, 7) is 3.48. The quantitative estimate of drug-likeness (QED) is 0.889. The molecule has 5 nitrogen and oxygen atoms in total. The molecule has 7 heteroatoms. The van der Waals surface area contributed by atoms with E-state index in [2.05, 4.69) is 6.92 Å². The Bertz CT molecular complexity index is 590. The molecule has 118 valence electrons. The Morgan fingerprint density at radius 3 is 2.86 bits per heavy atom. The van der Waals surface area contributed by atoms with Crippen LogP contribution in [0.15, 0.2) is 23.1 Å². The van der Waals surface area contributed by atoms with Gasteiger partial charge in [0.2, 0.25) is 10.0 Å². The SMILES string of the molecule is CCC1CN(S(=O)(=O)c2ccc(OC)c(CN)c2)CCS1. The molecule has 1 heterocycles. The van der Waals surface area contributed by atoms with E-state index in [0.29, 0.717) is 34.5 Å².